The Morgan fingerprint density at radius 3 is 2.31 bits per heavy atom. The molecule has 0 aromatic heterocycles. The van der Waals surface area contributed by atoms with Crippen LogP contribution in [0.2, 0.25) is 0 Å². The van der Waals surface area contributed by atoms with Gasteiger partial charge in [0, 0.05) is 12.6 Å². The number of rotatable bonds is 3. The Morgan fingerprint density at radius 2 is 1.81 bits per heavy atom. The van der Waals surface area contributed by atoms with Gasteiger partial charge in [-0.2, -0.15) is 0 Å². The number of hydrogen-bond acceptors (Lipinski definition) is 2. The Morgan fingerprint density at radius 1 is 1.19 bits per heavy atom. The highest BCUT2D eigenvalue weighted by molar-refractivity contribution is 5.13. The molecule has 0 amide bonds. The van der Waals surface area contributed by atoms with Gasteiger partial charge in [0.05, 0.1) is 0 Å². The van der Waals surface area contributed by atoms with E-state index in [1.54, 1.807) is 0 Å². The zero-order valence-electron chi connectivity index (χ0n) is 11.6. The molecule has 1 atom stereocenters. The second-order valence-corrected chi connectivity index (χ2v) is 7.01. The van der Waals surface area contributed by atoms with Crippen LogP contribution in [0.3, 0.4) is 0 Å². The second-order valence-electron chi connectivity index (χ2n) is 7.01. The molecule has 1 saturated carbocycles. The zero-order valence-corrected chi connectivity index (χ0v) is 11.6. The molecule has 2 nitrogen and oxygen atoms in total. The summed E-state index contributed by atoms with van der Waals surface area (Å²) in [5.74, 6) is 0.854. The van der Waals surface area contributed by atoms with Gasteiger partial charge >= 0.3 is 0 Å². The van der Waals surface area contributed by atoms with Crippen LogP contribution in [0.5, 0.6) is 0 Å². The molecular weight excluding hydrogens is 196 g/mol. The molecule has 0 radical (unpaired) electrons. The Hall–Kier alpha value is -0.0800. The molecule has 1 N–H and O–H groups in total. The van der Waals surface area contributed by atoms with Gasteiger partial charge < -0.3 is 10.2 Å². The lowest BCUT2D eigenvalue weighted by Crippen LogP contribution is -2.44. The number of hydrogen-bond donors (Lipinski definition) is 1. The van der Waals surface area contributed by atoms with E-state index in [-0.39, 0.29) is 0 Å². The summed E-state index contributed by atoms with van der Waals surface area (Å²) in [6.45, 7) is 13.3. The van der Waals surface area contributed by atoms with Crippen molar-refractivity contribution in [1.82, 2.24) is 10.2 Å². The highest BCUT2D eigenvalue weighted by atomic mass is 15.1. The summed E-state index contributed by atoms with van der Waals surface area (Å²) in [7, 11) is 2.23. The molecule has 2 fully saturated rings. The van der Waals surface area contributed by atoms with Gasteiger partial charge in [0.25, 0.3) is 0 Å². The summed E-state index contributed by atoms with van der Waals surface area (Å²) in [5, 5.41) is 3.78. The Labute approximate surface area is 101 Å². The summed E-state index contributed by atoms with van der Waals surface area (Å²) in [4.78, 5) is 2.45. The third-order valence-electron chi connectivity index (χ3n) is 5.55. The van der Waals surface area contributed by atoms with Crippen molar-refractivity contribution in [3.63, 3.8) is 0 Å². The van der Waals surface area contributed by atoms with Gasteiger partial charge in [-0.05, 0) is 49.7 Å². The standard InChI is InChI=1S/C14H28N2/c1-13(2)12(14(13,3)4)9-15-11-7-6-8-16(5)10-11/h11-12,15H,6-10H2,1-5H3. The minimum Gasteiger partial charge on any atom is -0.312 e. The molecule has 1 aliphatic carbocycles. The molecule has 0 spiro atoms. The van der Waals surface area contributed by atoms with E-state index in [0.717, 1.165) is 12.0 Å². The molecule has 0 bridgehead atoms. The van der Waals surface area contributed by atoms with E-state index in [9.17, 15) is 0 Å². The van der Waals surface area contributed by atoms with Crippen molar-refractivity contribution in [2.45, 2.75) is 46.6 Å². The minimum atomic E-state index is 0.528. The highest BCUT2D eigenvalue weighted by Gasteiger charge is 2.63. The van der Waals surface area contributed by atoms with Crippen molar-refractivity contribution in [3.05, 3.63) is 0 Å². The number of likely N-dealkylation sites (N-methyl/N-ethyl adjacent to an activating group) is 1. The predicted molar refractivity (Wildman–Crippen MR) is 69.6 cm³/mol. The van der Waals surface area contributed by atoms with Crippen LogP contribution >= 0.6 is 0 Å². The molecule has 1 unspecified atom stereocenters. The van der Waals surface area contributed by atoms with Crippen molar-refractivity contribution in [3.8, 4) is 0 Å². The first-order valence-corrected chi connectivity index (χ1v) is 6.77. The molecule has 1 saturated heterocycles. The van der Waals surface area contributed by atoms with Gasteiger partial charge in [0.1, 0.15) is 0 Å². The van der Waals surface area contributed by atoms with Crippen LogP contribution in [0, 0.1) is 16.7 Å². The van der Waals surface area contributed by atoms with Gasteiger partial charge in [-0.1, -0.05) is 27.7 Å². The summed E-state index contributed by atoms with van der Waals surface area (Å²) in [6.07, 6.45) is 2.71. The lowest BCUT2D eigenvalue weighted by atomic mass is 10.0. The van der Waals surface area contributed by atoms with E-state index >= 15 is 0 Å². The maximum atomic E-state index is 3.78. The van der Waals surface area contributed by atoms with E-state index in [0.29, 0.717) is 10.8 Å². The van der Waals surface area contributed by atoms with Crippen LogP contribution in [0.4, 0.5) is 0 Å². The van der Waals surface area contributed by atoms with Gasteiger partial charge in [-0.25, -0.2) is 0 Å². The quantitative estimate of drug-likeness (QED) is 0.791. The average Bonchev–Trinajstić information content (AvgIpc) is 2.55. The van der Waals surface area contributed by atoms with E-state index in [4.69, 9.17) is 0 Å². The van der Waals surface area contributed by atoms with E-state index in [2.05, 4.69) is 45.0 Å². The third kappa shape index (κ3) is 2.02. The molecular formula is C14H28N2. The Bertz CT molecular complexity index is 243. The number of nitrogens with one attached hydrogen (secondary N) is 1. The molecule has 2 heteroatoms. The minimum absolute atomic E-state index is 0.528. The van der Waals surface area contributed by atoms with Crippen LogP contribution < -0.4 is 5.32 Å². The number of likely N-dealkylation sites (tertiary alicyclic amines) is 1. The average molecular weight is 224 g/mol. The molecule has 1 heterocycles. The summed E-state index contributed by atoms with van der Waals surface area (Å²) in [5.41, 5.74) is 1.06. The monoisotopic (exact) mass is 224 g/mol. The molecule has 16 heavy (non-hydrogen) atoms. The molecule has 1 aliphatic heterocycles. The Kier molecular flexibility index (Phi) is 3.09. The summed E-state index contributed by atoms with van der Waals surface area (Å²) >= 11 is 0. The first-order valence-electron chi connectivity index (χ1n) is 6.77. The van der Waals surface area contributed by atoms with Crippen LogP contribution in [-0.4, -0.2) is 37.6 Å². The van der Waals surface area contributed by atoms with Crippen molar-refractivity contribution in [1.29, 1.82) is 0 Å². The van der Waals surface area contributed by atoms with Crippen LogP contribution in [0.25, 0.3) is 0 Å². The van der Waals surface area contributed by atoms with Crippen molar-refractivity contribution < 1.29 is 0 Å². The fraction of sp³-hybridized carbons (Fsp3) is 1.00. The molecule has 2 rings (SSSR count). The Balaban J connectivity index is 1.77. The molecule has 0 aromatic carbocycles. The fourth-order valence-corrected chi connectivity index (χ4v) is 3.46. The molecule has 0 aromatic rings. The largest absolute Gasteiger partial charge is 0.312 e. The maximum absolute atomic E-state index is 3.78. The smallest absolute Gasteiger partial charge is 0.0195 e. The van der Waals surface area contributed by atoms with Gasteiger partial charge in [-0.3, -0.25) is 0 Å². The van der Waals surface area contributed by atoms with E-state index in [1.807, 2.05) is 0 Å². The second kappa shape index (κ2) is 3.99. The van der Waals surface area contributed by atoms with Crippen molar-refractivity contribution in [2.75, 3.05) is 26.7 Å². The normalized spacial score (nSPS) is 33.9. The summed E-state index contributed by atoms with van der Waals surface area (Å²) < 4.78 is 0. The van der Waals surface area contributed by atoms with Crippen LogP contribution in [0.1, 0.15) is 40.5 Å². The van der Waals surface area contributed by atoms with Crippen LogP contribution in [0.15, 0.2) is 0 Å². The van der Waals surface area contributed by atoms with E-state index < -0.39 is 0 Å². The number of piperidine rings is 1. The fourth-order valence-electron chi connectivity index (χ4n) is 3.46. The lowest BCUT2D eigenvalue weighted by Gasteiger charge is -2.30. The predicted octanol–water partition coefficient (Wildman–Crippen LogP) is 2.35. The number of nitrogens with zero attached hydrogens (tertiary/aromatic N) is 1. The lowest BCUT2D eigenvalue weighted by molar-refractivity contribution is 0.224. The van der Waals surface area contributed by atoms with Gasteiger partial charge in [0.15, 0.2) is 0 Å². The van der Waals surface area contributed by atoms with Crippen molar-refractivity contribution in [2.24, 2.45) is 16.7 Å². The van der Waals surface area contributed by atoms with Crippen LogP contribution in [-0.2, 0) is 0 Å². The highest BCUT2D eigenvalue weighted by Crippen LogP contribution is 2.67. The first kappa shape index (κ1) is 12.4. The zero-order chi connectivity index (χ0) is 12.0. The topological polar surface area (TPSA) is 15.3 Å². The third-order valence-corrected chi connectivity index (χ3v) is 5.55. The molecule has 94 valence electrons. The van der Waals surface area contributed by atoms with E-state index in [1.165, 1.54) is 32.5 Å². The van der Waals surface area contributed by atoms with Crippen molar-refractivity contribution >= 4 is 0 Å². The SMILES string of the molecule is CN1CCCC(NCC2C(C)(C)C2(C)C)C1. The first-order chi connectivity index (χ1) is 7.35. The maximum Gasteiger partial charge on any atom is 0.0195 e. The van der Waals surface area contributed by atoms with Gasteiger partial charge in [0.2, 0.25) is 0 Å². The molecule has 2 aliphatic rings. The van der Waals surface area contributed by atoms with Gasteiger partial charge in [-0.15, -0.1) is 0 Å². The summed E-state index contributed by atoms with van der Waals surface area (Å²) in [6, 6.07) is 0.728.